The molecule has 1 unspecified atom stereocenters. The standard InChI is InChI=1S/C33H51N9O5.C8H7ClF3N/c1-9-24(3)11-18-47-22-25(4)27(19-34-6)20-36-33(39(8)35-7)42(16-17-43)28(10-2)29(21-44)40-12-14-41(15-13-40)32(46)30-31(45)26(5)37-23-38-30;1-13-7-3-2-5(4-6(7)9)8(10,11)12/h17,19,21,23-24,45H,7,9-16,18,20,22H2,1-6,8H3;2-4,13H,1H3/b27-25-,29-28+,34-19?,36-33?;. The molecule has 1 aliphatic heterocycles. The summed E-state index contributed by atoms with van der Waals surface area (Å²) < 4.78 is 42.3. The summed E-state index contributed by atoms with van der Waals surface area (Å²) in [5.74, 6) is 0.275. The van der Waals surface area contributed by atoms with E-state index in [9.17, 15) is 32.7 Å². The number of allylic oxidation sites excluding steroid dienone is 2. The molecule has 1 amide bonds. The molecule has 1 aromatic carbocycles. The van der Waals surface area contributed by atoms with Gasteiger partial charge in [-0.15, -0.1) is 0 Å². The van der Waals surface area contributed by atoms with Crippen molar-refractivity contribution in [2.75, 3.05) is 78.9 Å². The second-order valence-corrected chi connectivity index (χ2v) is 14.2. The number of carbonyl (C=O) groups is 3. The number of aromatic nitrogens is 2. The molecule has 1 fully saturated rings. The second kappa shape index (κ2) is 25.3. The minimum Gasteiger partial charge on any atom is -0.504 e. The second-order valence-electron chi connectivity index (χ2n) is 13.8. The van der Waals surface area contributed by atoms with Crippen molar-refractivity contribution < 1.29 is 37.4 Å². The van der Waals surface area contributed by atoms with E-state index in [1.54, 1.807) is 44.1 Å². The largest absolute Gasteiger partial charge is 0.504 e. The van der Waals surface area contributed by atoms with Crippen LogP contribution in [-0.4, -0.2) is 146 Å². The number of aromatic hydroxyl groups is 1. The lowest BCUT2D eigenvalue weighted by molar-refractivity contribution is -0.137. The number of anilines is 1. The quantitative estimate of drug-likeness (QED) is 0.0429. The minimum atomic E-state index is -4.34. The van der Waals surface area contributed by atoms with E-state index >= 15 is 0 Å². The van der Waals surface area contributed by atoms with E-state index in [1.165, 1.54) is 17.4 Å². The lowest BCUT2D eigenvalue weighted by Gasteiger charge is -2.38. The molecule has 0 radical (unpaired) electrons. The zero-order chi connectivity index (χ0) is 45.0. The Balaban J connectivity index is 0.000000807. The molecule has 0 bridgehead atoms. The summed E-state index contributed by atoms with van der Waals surface area (Å²) in [5.41, 5.74) is 2.80. The monoisotopic (exact) mass is 862 g/mol. The van der Waals surface area contributed by atoms with Crippen LogP contribution in [0.5, 0.6) is 5.75 Å². The van der Waals surface area contributed by atoms with Crippen LogP contribution in [0, 0.1) is 12.8 Å². The Labute approximate surface area is 355 Å². The van der Waals surface area contributed by atoms with E-state index in [0.29, 0.717) is 80.5 Å². The molecule has 0 spiro atoms. The number of rotatable bonds is 18. The average Bonchev–Trinajstić information content (AvgIpc) is 3.23. The van der Waals surface area contributed by atoms with Gasteiger partial charge in [0.2, 0.25) is 5.96 Å². The first-order valence-corrected chi connectivity index (χ1v) is 19.8. The first kappa shape index (κ1) is 50.8. The maximum Gasteiger partial charge on any atom is 0.416 e. The molecular formula is C41H58ClF3N10O5. The van der Waals surface area contributed by atoms with Gasteiger partial charge in [-0.2, -0.15) is 18.3 Å². The SMILES string of the molecule is C=NN(C)C(=NC/C(C=NC)=C(/C)COCCC(C)CC)N(CC=O)/C(CC)=C(\C=O)N1CCN(C(=O)c2ncnc(C)c2O)CC1.CNc1ccc(C(F)(F)F)cc1Cl. The van der Waals surface area contributed by atoms with Crippen LogP contribution in [0.2, 0.25) is 5.02 Å². The highest BCUT2D eigenvalue weighted by Gasteiger charge is 2.31. The number of nitrogens with zero attached hydrogens (tertiary/aromatic N) is 9. The number of hydrogen-bond acceptors (Lipinski definition) is 12. The molecule has 19 heteroatoms. The van der Waals surface area contributed by atoms with E-state index in [2.05, 4.69) is 45.9 Å². The number of hydrogen-bond donors (Lipinski definition) is 2. The fourth-order valence-corrected chi connectivity index (χ4v) is 6.15. The van der Waals surface area contributed by atoms with Crippen LogP contribution in [-0.2, 0) is 20.5 Å². The highest BCUT2D eigenvalue weighted by molar-refractivity contribution is 6.33. The molecule has 15 nitrogen and oxygen atoms in total. The third kappa shape index (κ3) is 14.7. The Morgan fingerprint density at radius 3 is 2.37 bits per heavy atom. The van der Waals surface area contributed by atoms with Gasteiger partial charge in [0.15, 0.2) is 17.7 Å². The molecule has 1 aromatic heterocycles. The number of carbonyl (C=O) groups excluding carboxylic acids is 3. The van der Waals surface area contributed by atoms with Gasteiger partial charge in [-0.25, -0.2) is 20.0 Å². The van der Waals surface area contributed by atoms with Crippen molar-refractivity contribution in [3.8, 4) is 5.75 Å². The summed E-state index contributed by atoms with van der Waals surface area (Å²) >= 11 is 5.57. The van der Waals surface area contributed by atoms with Crippen LogP contribution in [0.25, 0.3) is 0 Å². The van der Waals surface area contributed by atoms with Gasteiger partial charge in [-0.05, 0) is 62.0 Å². The third-order valence-electron chi connectivity index (χ3n) is 9.74. The summed E-state index contributed by atoms with van der Waals surface area (Å²) in [5, 5.41) is 18.6. The number of aliphatic imine (C=N–C) groups is 2. The smallest absolute Gasteiger partial charge is 0.416 e. The Morgan fingerprint density at radius 1 is 1.17 bits per heavy atom. The van der Waals surface area contributed by atoms with Crippen LogP contribution >= 0.6 is 11.6 Å². The van der Waals surface area contributed by atoms with Gasteiger partial charge in [0.05, 0.1) is 47.4 Å². The predicted molar refractivity (Wildman–Crippen MR) is 230 cm³/mol. The van der Waals surface area contributed by atoms with Crippen LogP contribution in [0.3, 0.4) is 0 Å². The number of benzene rings is 1. The molecule has 0 saturated carbocycles. The van der Waals surface area contributed by atoms with E-state index in [4.69, 9.17) is 21.3 Å². The molecule has 2 heterocycles. The summed E-state index contributed by atoms with van der Waals surface area (Å²) in [4.78, 5) is 59.8. The molecule has 3 rings (SSSR count). The number of aldehydes is 2. The highest BCUT2D eigenvalue weighted by atomic mass is 35.5. The number of hydrazone groups is 1. The van der Waals surface area contributed by atoms with Gasteiger partial charge in [0.25, 0.3) is 5.91 Å². The van der Waals surface area contributed by atoms with Crippen molar-refractivity contribution in [3.63, 3.8) is 0 Å². The number of aryl methyl sites for hydroxylation is 1. The maximum atomic E-state index is 13.1. The predicted octanol–water partition coefficient (Wildman–Crippen LogP) is 6.34. The normalized spacial score (nSPS) is 14.7. The summed E-state index contributed by atoms with van der Waals surface area (Å²) in [6.45, 7) is 16.0. The minimum absolute atomic E-state index is 0.0567. The molecule has 1 aliphatic rings. The van der Waals surface area contributed by atoms with Gasteiger partial charge >= 0.3 is 6.18 Å². The molecule has 2 N–H and O–H groups in total. The fraction of sp³-hybridized carbons (Fsp3) is 0.512. The van der Waals surface area contributed by atoms with Crippen LogP contribution < -0.4 is 5.32 Å². The molecule has 330 valence electrons. The third-order valence-corrected chi connectivity index (χ3v) is 10.1. The van der Waals surface area contributed by atoms with Gasteiger partial charge in [0, 0.05) is 72.6 Å². The summed E-state index contributed by atoms with van der Waals surface area (Å²) in [6.07, 6.45) is 2.67. The van der Waals surface area contributed by atoms with Gasteiger partial charge in [-0.3, -0.25) is 14.6 Å². The Kier molecular flexibility index (Phi) is 21.4. The maximum absolute atomic E-state index is 13.1. The highest BCUT2D eigenvalue weighted by Crippen LogP contribution is 2.33. The number of alkyl halides is 3. The van der Waals surface area contributed by atoms with Crippen LogP contribution in [0.15, 0.2) is 62.2 Å². The van der Waals surface area contributed by atoms with Crippen LogP contribution in [0.4, 0.5) is 18.9 Å². The van der Waals surface area contributed by atoms with E-state index < -0.39 is 17.6 Å². The first-order valence-electron chi connectivity index (χ1n) is 19.4. The van der Waals surface area contributed by atoms with E-state index in [0.717, 1.165) is 48.7 Å². The first-order chi connectivity index (χ1) is 28.5. The number of nitrogens with one attached hydrogen (secondary N) is 1. The van der Waals surface area contributed by atoms with Crippen LogP contribution in [0.1, 0.15) is 68.7 Å². The molecule has 2 aromatic rings. The number of piperazine rings is 1. The summed E-state index contributed by atoms with van der Waals surface area (Å²) in [6, 6.07) is 3.18. The molecule has 0 aliphatic carbocycles. The molecule has 1 saturated heterocycles. The van der Waals surface area contributed by atoms with Gasteiger partial charge < -0.3 is 34.7 Å². The zero-order valence-electron chi connectivity index (χ0n) is 35.7. The molecule has 60 heavy (non-hydrogen) atoms. The lowest BCUT2D eigenvalue weighted by atomic mass is 10.1. The van der Waals surface area contributed by atoms with E-state index in [-0.39, 0.29) is 29.6 Å². The number of amides is 1. The average molecular weight is 863 g/mol. The number of ether oxygens (including phenoxy) is 1. The zero-order valence-corrected chi connectivity index (χ0v) is 36.5. The van der Waals surface area contributed by atoms with Crippen molar-refractivity contribution >= 4 is 54.7 Å². The van der Waals surface area contributed by atoms with Crippen molar-refractivity contribution in [2.24, 2.45) is 21.0 Å². The Hall–Kier alpha value is -5.36. The van der Waals surface area contributed by atoms with Crippen molar-refractivity contribution in [1.29, 1.82) is 0 Å². The number of halogens is 4. The Morgan fingerprint density at radius 2 is 1.83 bits per heavy atom. The van der Waals surface area contributed by atoms with E-state index in [1.807, 2.05) is 18.7 Å². The lowest BCUT2D eigenvalue weighted by Crippen LogP contribution is -2.50. The van der Waals surface area contributed by atoms with Crippen molar-refractivity contribution in [1.82, 2.24) is 29.7 Å². The van der Waals surface area contributed by atoms with Gasteiger partial charge in [0.1, 0.15) is 12.6 Å². The number of guanidine groups is 1. The molecule has 1 atom stereocenters. The van der Waals surface area contributed by atoms with Crippen molar-refractivity contribution in [3.05, 3.63) is 69.0 Å². The van der Waals surface area contributed by atoms with Crippen molar-refractivity contribution in [2.45, 2.75) is 60.1 Å². The molecular weight excluding hydrogens is 805 g/mol. The Bertz CT molecular complexity index is 1880. The topological polar surface area (TPSA) is 169 Å². The van der Waals surface area contributed by atoms with Gasteiger partial charge in [-0.1, -0.05) is 38.8 Å². The summed E-state index contributed by atoms with van der Waals surface area (Å²) in [7, 11) is 4.96. The fourth-order valence-electron chi connectivity index (χ4n) is 5.87.